The van der Waals surface area contributed by atoms with Gasteiger partial charge in [-0.3, -0.25) is 0 Å². The number of rotatable bonds is 5. The minimum atomic E-state index is -3.45. The van der Waals surface area contributed by atoms with Crippen molar-refractivity contribution in [2.24, 2.45) is 11.8 Å². The van der Waals surface area contributed by atoms with Crippen molar-refractivity contribution in [1.29, 1.82) is 0 Å². The largest absolute Gasteiger partial charge is 0.243 e. The van der Waals surface area contributed by atoms with Gasteiger partial charge >= 0.3 is 0 Å². The molecule has 0 spiro atoms. The van der Waals surface area contributed by atoms with E-state index in [2.05, 4.69) is 6.92 Å². The number of halogens is 1. The standard InChI is InChI=1S/C20H30ClNO2S/c1-3-19(21)18-13-14-22(20(18)16-7-5-4-6-8-16)25(23,24)17-11-9-15(2)10-12-17/h9-12,16,18-20H,3-8,13-14H2,1-2H3/t18-,19-,20-/m0/s1. The number of aryl methyl sites for hydroxylation is 1. The molecule has 0 aromatic heterocycles. The van der Waals surface area contributed by atoms with Crippen molar-refractivity contribution >= 4 is 21.6 Å². The second kappa shape index (κ2) is 7.98. The first-order chi connectivity index (χ1) is 11.9. The third-order valence-corrected chi connectivity index (χ3v) is 8.61. The van der Waals surface area contributed by atoms with Crippen LogP contribution in [0.3, 0.4) is 0 Å². The van der Waals surface area contributed by atoms with Crippen LogP contribution in [0, 0.1) is 18.8 Å². The Morgan fingerprint density at radius 2 is 1.76 bits per heavy atom. The van der Waals surface area contributed by atoms with Crippen molar-refractivity contribution in [1.82, 2.24) is 4.31 Å². The van der Waals surface area contributed by atoms with Crippen molar-refractivity contribution in [2.75, 3.05) is 6.54 Å². The molecule has 1 heterocycles. The Morgan fingerprint density at radius 1 is 1.12 bits per heavy atom. The number of alkyl halides is 1. The normalized spacial score (nSPS) is 27.5. The monoisotopic (exact) mass is 383 g/mol. The molecule has 0 unspecified atom stereocenters. The Labute approximate surface area is 157 Å². The molecule has 0 amide bonds. The molecule has 0 radical (unpaired) electrons. The molecule has 3 nitrogen and oxygen atoms in total. The summed E-state index contributed by atoms with van der Waals surface area (Å²) in [5.74, 6) is 0.726. The Balaban J connectivity index is 1.93. The van der Waals surface area contributed by atoms with E-state index in [9.17, 15) is 8.42 Å². The predicted octanol–water partition coefficient (Wildman–Crippen LogP) is 4.97. The van der Waals surface area contributed by atoms with Crippen LogP contribution in [-0.2, 0) is 10.0 Å². The van der Waals surface area contributed by atoms with Gasteiger partial charge in [0.2, 0.25) is 10.0 Å². The maximum Gasteiger partial charge on any atom is 0.243 e. The van der Waals surface area contributed by atoms with Gasteiger partial charge in [-0.25, -0.2) is 8.42 Å². The van der Waals surface area contributed by atoms with E-state index in [1.165, 1.54) is 19.3 Å². The lowest BCUT2D eigenvalue weighted by atomic mass is 9.78. The molecule has 2 aliphatic rings. The van der Waals surface area contributed by atoms with Gasteiger partial charge < -0.3 is 0 Å². The molecular weight excluding hydrogens is 354 g/mol. The van der Waals surface area contributed by atoms with Gasteiger partial charge in [0.25, 0.3) is 0 Å². The first kappa shape index (κ1) is 19.2. The van der Waals surface area contributed by atoms with E-state index in [1.807, 2.05) is 19.1 Å². The molecule has 1 aliphatic heterocycles. The summed E-state index contributed by atoms with van der Waals surface area (Å²) in [6, 6.07) is 7.31. The lowest BCUT2D eigenvalue weighted by Crippen LogP contribution is -2.45. The van der Waals surface area contributed by atoms with E-state index in [0.717, 1.165) is 31.2 Å². The number of sulfonamides is 1. The quantitative estimate of drug-likeness (QED) is 0.673. The van der Waals surface area contributed by atoms with E-state index < -0.39 is 10.0 Å². The Morgan fingerprint density at radius 3 is 2.36 bits per heavy atom. The zero-order valence-electron chi connectivity index (χ0n) is 15.3. The highest BCUT2D eigenvalue weighted by atomic mass is 35.5. The van der Waals surface area contributed by atoms with Crippen molar-refractivity contribution in [3.05, 3.63) is 29.8 Å². The highest BCUT2D eigenvalue weighted by Crippen LogP contribution is 2.43. The number of hydrogen-bond donors (Lipinski definition) is 0. The molecule has 1 aromatic rings. The molecule has 1 saturated heterocycles. The minimum Gasteiger partial charge on any atom is -0.207 e. The van der Waals surface area contributed by atoms with Gasteiger partial charge in [-0.2, -0.15) is 4.31 Å². The highest BCUT2D eigenvalue weighted by Gasteiger charge is 2.47. The van der Waals surface area contributed by atoms with Crippen LogP contribution in [0.1, 0.15) is 57.4 Å². The zero-order valence-corrected chi connectivity index (χ0v) is 16.9. The van der Waals surface area contributed by atoms with Crippen LogP contribution < -0.4 is 0 Å². The van der Waals surface area contributed by atoms with Gasteiger partial charge in [-0.15, -0.1) is 11.6 Å². The number of nitrogens with zero attached hydrogens (tertiary/aromatic N) is 1. The van der Waals surface area contributed by atoms with Crippen molar-refractivity contribution in [2.45, 2.75) is 75.1 Å². The Kier molecular flexibility index (Phi) is 6.12. The third kappa shape index (κ3) is 3.91. The maximum atomic E-state index is 13.3. The average Bonchev–Trinajstić information content (AvgIpc) is 3.08. The van der Waals surface area contributed by atoms with E-state index >= 15 is 0 Å². The van der Waals surface area contributed by atoms with Crippen molar-refractivity contribution in [3.8, 4) is 0 Å². The number of hydrogen-bond acceptors (Lipinski definition) is 2. The molecule has 0 N–H and O–H groups in total. The van der Waals surface area contributed by atoms with E-state index in [4.69, 9.17) is 11.6 Å². The minimum absolute atomic E-state index is 0.0603. The summed E-state index contributed by atoms with van der Waals surface area (Å²) in [5, 5.41) is 0.0603. The van der Waals surface area contributed by atoms with Gasteiger partial charge in [0, 0.05) is 18.0 Å². The molecule has 1 saturated carbocycles. The summed E-state index contributed by atoms with van der Waals surface area (Å²) < 4.78 is 28.5. The van der Waals surface area contributed by atoms with Gasteiger partial charge in [0.05, 0.1) is 4.90 Å². The molecule has 1 aliphatic carbocycles. The molecular formula is C20H30ClNO2S. The molecule has 1 aromatic carbocycles. The van der Waals surface area contributed by atoms with Crippen molar-refractivity contribution in [3.63, 3.8) is 0 Å². The van der Waals surface area contributed by atoms with Crippen LogP contribution in [-0.4, -0.2) is 30.7 Å². The van der Waals surface area contributed by atoms with Crippen molar-refractivity contribution < 1.29 is 8.42 Å². The van der Waals surface area contributed by atoms with E-state index in [1.54, 1.807) is 16.4 Å². The van der Waals surface area contributed by atoms with Crippen LogP contribution in [0.2, 0.25) is 0 Å². The fourth-order valence-corrected chi connectivity index (χ4v) is 6.71. The maximum absolute atomic E-state index is 13.3. The molecule has 3 rings (SSSR count). The second-order valence-electron chi connectivity index (χ2n) is 7.69. The summed E-state index contributed by atoms with van der Waals surface area (Å²) in [7, 11) is -3.45. The highest BCUT2D eigenvalue weighted by molar-refractivity contribution is 7.89. The first-order valence-electron chi connectivity index (χ1n) is 9.67. The predicted molar refractivity (Wildman–Crippen MR) is 103 cm³/mol. The lowest BCUT2D eigenvalue weighted by molar-refractivity contribution is 0.186. The first-order valence-corrected chi connectivity index (χ1v) is 11.6. The topological polar surface area (TPSA) is 37.4 Å². The summed E-state index contributed by atoms with van der Waals surface area (Å²) in [6.45, 7) is 4.68. The average molecular weight is 384 g/mol. The Hall–Kier alpha value is -0.580. The molecule has 140 valence electrons. The van der Waals surface area contributed by atoms with E-state index in [-0.39, 0.29) is 17.3 Å². The fraction of sp³-hybridized carbons (Fsp3) is 0.700. The molecule has 3 atom stereocenters. The molecule has 2 fully saturated rings. The third-order valence-electron chi connectivity index (χ3n) is 6.07. The summed E-state index contributed by atoms with van der Waals surface area (Å²) in [5.41, 5.74) is 1.08. The zero-order chi connectivity index (χ0) is 18.0. The summed E-state index contributed by atoms with van der Waals surface area (Å²) in [4.78, 5) is 0.419. The summed E-state index contributed by atoms with van der Waals surface area (Å²) >= 11 is 6.65. The van der Waals surface area contributed by atoms with Gasteiger partial charge in [-0.1, -0.05) is 43.9 Å². The summed E-state index contributed by atoms with van der Waals surface area (Å²) in [6.07, 6.45) is 7.75. The van der Waals surface area contributed by atoms with Gasteiger partial charge in [-0.05, 0) is 56.6 Å². The lowest BCUT2D eigenvalue weighted by Gasteiger charge is -2.37. The SMILES string of the molecule is CC[C@H](Cl)[C@@H]1CCN(S(=O)(=O)c2ccc(C)cc2)[C@H]1C1CCCCC1. The smallest absolute Gasteiger partial charge is 0.207 e. The second-order valence-corrected chi connectivity index (χ2v) is 10.1. The van der Waals surface area contributed by atoms with Crippen LogP contribution in [0.4, 0.5) is 0 Å². The molecule has 5 heteroatoms. The van der Waals surface area contributed by atoms with E-state index in [0.29, 0.717) is 17.4 Å². The Bertz CT molecular complexity index is 667. The van der Waals surface area contributed by atoms with Crippen LogP contribution in [0.25, 0.3) is 0 Å². The fourth-order valence-electron chi connectivity index (χ4n) is 4.69. The van der Waals surface area contributed by atoms with Gasteiger partial charge in [0.1, 0.15) is 0 Å². The van der Waals surface area contributed by atoms with Crippen LogP contribution >= 0.6 is 11.6 Å². The number of benzene rings is 1. The van der Waals surface area contributed by atoms with Crippen LogP contribution in [0.15, 0.2) is 29.2 Å². The van der Waals surface area contributed by atoms with Crippen LogP contribution in [0.5, 0.6) is 0 Å². The molecule has 0 bridgehead atoms. The van der Waals surface area contributed by atoms with Gasteiger partial charge in [0.15, 0.2) is 0 Å². The molecule has 25 heavy (non-hydrogen) atoms.